The van der Waals surface area contributed by atoms with Gasteiger partial charge in [-0.05, 0) is 35.9 Å². The van der Waals surface area contributed by atoms with E-state index in [1.807, 2.05) is 43.6 Å². The van der Waals surface area contributed by atoms with Crippen molar-refractivity contribution in [3.8, 4) is 11.4 Å². The zero-order valence-electron chi connectivity index (χ0n) is 17.6. The van der Waals surface area contributed by atoms with Crippen LogP contribution in [0.5, 0.6) is 5.75 Å². The third-order valence-corrected chi connectivity index (χ3v) is 6.23. The standard InChI is InChI=1S/C25H22BrN3O3/c1-28-21-6-5-18(26)11-22(21)29-15-17(10-16-4-2-7-27-14-16)25(31)20-12-19(32-9-3-8-30)13-23(28)24(20)29/h2,4-7,11-15,30H,3,8-10H2,1H3. The Hall–Kier alpha value is -3.16. The lowest BCUT2D eigenvalue weighted by atomic mass is 10.0. The molecule has 0 fully saturated rings. The van der Waals surface area contributed by atoms with E-state index >= 15 is 0 Å². The number of rotatable bonds is 6. The molecule has 2 aromatic heterocycles. The maximum Gasteiger partial charge on any atom is 0.193 e. The highest BCUT2D eigenvalue weighted by atomic mass is 79.9. The Balaban J connectivity index is 1.77. The van der Waals surface area contributed by atoms with Gasteiger partial charge in [0, 0.05) is 61.2 Å². The van der Waals surface area contributed by atoms with Crippen molar-refractivity contribution in [2.75, 3.05) is 25.2 Å². The summed E-state index contributed by atoms with van der Waals surface area (Å²) in [5.74, 6) is 0.621. The van der Waals surface area contributed by atoms with E-state index in [-0.39, 0.29) is 12.0 Å². The lowest BCUT2D eigenvalue weighted by Gasteiger charge is -2.32. The van der Waals surface area contributed by atoms with Gasteiger partial charge in [0.25, 0.3) is 0 Å². The second kappa shape index (κ2) is 8.41. The van der Waals surface area contributed by atoms with Gasteiger partial charge in [0.15, 0.2) is 5.43 Å². The van der Waals surface area contributed by atoms with Crippen LogP contribution in [0.1, 0.15) is 17.5 Å². The van der Waals surface area contributed by atoms with Gasteiger partial charge in [-0.25, -0.2) is 0 Å². The fraction of sp³-hybridized carbons (Fsp3) is 0.200. The Labute approximate surface area is 193 Å². The highest BCUT2D eigenvalue weighted by Gasteiger charge is 2.25. The maximum atomic E-state index is 13.6. The normalized spacial score (nSPS) is 12.2. The van der Waals surface area contributed by atoms with Crippen molar-refractivity contribution >= 4 is 38.2 Å². The number of pyridine rings is 2. The summed E-state index contributed by atoms with van der Waals surface area (Å²) in [6.07, 6.45) is 6.49. The van der Waals surface area contributed by atoms with E-state index in [0.29, 0.717) is 36.1 Å². The van der Waals surface area contributed by atoms with Gasteiger partial charge >= 0.3 is 0 Å². The minimum absolute atomic E-state index is 0.0131. The minimum Gasteiger partial charge on any atom is -0.493 e. The number of fused-ring (bicyclic) bond motifs is 2. The van der Waals surface area contributed by atoms with Crippen LogP contribution in [0, 0.1) is 0 Å². The molecule has 0 saturated carbocycles. The van der Waals surface area contributed by atoms with Crippen molar-refractivity contribution in [3.63, 3.8) is 0 Å². The molecule has 0 unspecified atom stereocenters. The average molecular weight is 492 g/mol. The van der Waals surface area contributed by atoms with Crippen LogP contribution in [0.4, 0.5) is 11.4 Å². The number of hydrogen-bond acceptors (Lipinski definition) is 5. The number of halogens is 1. The SMILES string of the molecule is CN1c2ccc(Br)cc2-n2cc(Cc3cccnc3)c(=O)c3cc(OCCCO)cc1c32. The first-order valence-electron chi connectivity index (χ1n) is 10.5. The van der Waals surface area contributed by atoms with Crippen LogP contribution in [0.25, 0.3) is 16.6 Å². The topological polar surface area (TPSA) is 67.6 Å². The van der Waals surface area contributed by atoms with E-state index in [1.54, 1.807) is 12.4 Å². The summed E-state index contributed by atoms with van der Waals surface area (Å²) in [5.41, 5.74) is 5.45. The van der Waals surface area contributed by atoms with Crippen LogP contribution in [-0.2, 0) is 6.42 Å². The second-order valence-corrected chi connectivity index (χ2v) is 8.76. The van der Waals surface area contributed by atoms with Crippen LogP contribution in [0.2, 0.25) is 0 Å². The van der Waals surface area contributed by atoms with Crippen molar-refractivity contribution in [2.45, 2.75) is 12.8 Å². The van der Waals surface area contributed by atoms with Crippen molar-refractivity contribution in [2.24, 2.45) is 0 Å². The number of hydrogen-bond donors (Lipinski definition) is 1. The summed E-state index contributed by atoms with van der Waals surface area (Å²) in [5, 5.41) is 9.72. The summed E-state index contributed by atoms with van der Waals surface area (Å²) in [4.78, 5) is 19.9. The molecule has 3 heterocycles. The van der Waals surface area contributed by atoms with E-state index in [2.05, 4.69) is 42.5 Å². The zero-order chi connectivity index (χ0) is 22.2. The van der Waals surface area contributed by atoms with Crippen molar-refractivity contribution < 1.29 is 9.84 Å². The van der Waals surface area contributed by atoms with Crippen LogP contribution >= 0.6 is 15.9 Å². The number of ether oxygens (including phenoxy) is 1. The molecule has 0 radical (unpaired) electrons. The highest BCUT2D eigenvalue weighted by molar-refractivity contribution is 9.10. The molecular weight excluding hydrogens is 470 g/mol. The maximum absolute atomic E-state index is 13.6. The molecule has 6 nitrogen and oxygen atoms in total. The molecule has 0 atom stereocenters. The predicted octanol–water partition coefficient (Wildman–Crippen LogP) is 4.58. The van der Waals surface area contributed by atoms with Gasteiger partial charge in [0.1, 0.15) is 5.75 Å². The molecule has 1 aliphatic heterocycles. The van der Waals surface area contributed by atoms with Crippen molar-refractivity contribution in [3.05, 3.63) is 86.9 Å². The molecule has 32 heavy (non-hydrogen) atoms. The van der Waals surface area contributed by atoms with Gasteiger partial charge in [0.05, 0.1) is 34.6 Å². The molecule has 2 aromatic carbocycles. The molecule has 0 saturated heterocycles. The zero-order valence-corrected chi connectivity index (χ0v) is 19.2. The molecule has 0 bridgehead atoms. The Kier molecular flexibility index (Phi) is 5.45. The molecule has 4 aromatic rings. The molecule has 5 rings (SSSR count). The molecule has 1 N–H and O–H groups in total. The fourth-order valence-corrected chi connectivity index (χ4v) is 4.56. The Morgan fingerprint density at radius 2 is 2.00 bits per heavy atom. The van der Waals surface area contributed by atoms with E-state index < -0.39 is 0 Å². The van der Waals surface area contributed by atoms with Crippen molar-refractivity contribution in [1.82, 2.24) is 9.55 Å². The lowest BCUT2D eigenvalue weighted by Crippen LogP contribution is -2.23. The first-order chi connectivity index (χ1) is 15.6. The van der Waals surface area contributed by atoms with Gasteiger partial charge in [-0.15, -0.1) is 0 Å². The summed E-state index contributed by atoms with van der Waals surface area (Å²) in [6.45, 7) is 0.447. The van der Waals surface area contributed by atoms with E-state index in [1.165, 1.54) is 0 Å². The average Bonchev–Trinajstić information content (AvgIpc) is 2.80. The molecule has 0 amide bonds. The molecule has 1 aliphatic rings. The first kappa shape index (κ1) is 20.7. The van der Waals surface area contributed by atoms with Crippen LogP contribution in [0.15, 0.2) is 70.3 Å². The summed E-state index contributed by atoms with van der Waals surface area (Å²) < 4.78 is 8.95. The quantitative estimate of drug-likeness (QED) is 0.399. The van der Waals surface area contributed by atoms with E-state index in [0.717, 1.165) is 32.6 Å². The monoisotopic (exact) mass is 491 g/mol. The van der Waals surface area contributed by atoms with Crippen LogP contribution in [0.3, 0.4) is 0 Å². The second-order valence-electron chi connectivity index (χ2n) is 7.85. The number of aromatic nitrogens is 2. The van der Waals surface area contributed by atoms with Gasteiger partial charge in [-0.3, -0.25) is 9.78 Å². The fourth-order valence-electron chi connectivity index (χ4n) is 4.21. The largest absolute Gasteiger partial charge is 0.493 e. The van der Waals surface area contributed by atoms with E-state index in [9.17, 15) is 4.79 Å². The summed E-state index contributed by atoms with van der Waals surface area (Å²) >= 11 is 3.59. The molecule has 7 heteroatoms. The number of aliphatic hydroxyl groups is 1. The van der Waals surface area contributed by atoms with Gasteiger partial charge in [-0.2, -0.15) is 0 Å². The smallest absolute Gasteiger partial charge is 0.193 e. The van der Waals surface area contributed by atoms with Crippen LogP contribution in [-0.4, -0.2) is 34.9 Å². The Morgan fingerprint density at radius 1 is 1.12 bits per heavy atom. The van der Waals surface area contributed by atoms with Crippen LogP contribution < -0.4 is 15.1 Å². The van der Waals surface area contributed by atoms with Gasteiger partial charge < -0.3 is 19.3 Å². The molecule has 162 valence electrons. The third kappa shape index (κ3) is 3.57. The highest BCUT2D eigenvalue weighted by Crippen LogP contribution is 2.43. The number of anilines is 2. The van der Waals surface area contributed by atoms with Crippen molar-refractivity contribution in [1.29, 1.82) is 0 Å². The number of aliphatic hydroxyl groups excluding tert-OH is 1. The summed E-state index contributed by atoms with van der Waals surface area (Å²) in [6, 6.07) is 13.8. The minimum atomic E-state index is -0.0131. The Morgan fingerprint density at radius 3 is 2.78 bits per heavy atom. The molecular formula is C25H22BrN3O3. The third-order valence-electron chi connectivity index (χ3n) is 5.73. The molecule has 0 spiro atoms. The first-order valence-corrected chi connectivity index (χ1v) is 11.2. The Bertz CT molecular complexity index is 1370. The van der Waals surface area contributed by atoms with E-state index in [4.69, 9.17) is 9.84 Å². The van der Waals surface area contributed by atoms with Gasteiger partial charge in [0.2, 0.25) is 0 Å². The number of nitrogens with zero attached hydrogens (tertiary/aromatic N) is 3. The summed E-state index contributed by atoms with van der Waals surface area (Å²) in [7, 11) is 2.00. The number of benzene rings is 2. The molecule has 0 aliphatic carbocycles. The van der Waals surface area contributed by atoms with Gasteiger partial charge in [-0.1, -0.05) is 22.0 Å². The lowest BCUT2D eigenvalue weighted by molar-refractivity contribution is 0.234. The predicted molar refractivity (Wildman–Crippen MR) is 130 cm³/mol.